The lowest BCUT2D eigenvalue weighted by molar-refractivity contribution is -0.148. The minimum atomic E-state index is -0.817. The van der Waals surface area contributed by atoms with Crippen molar-refractivity contribution in [3.8, 4) is 0 Å². The first-order chi connectivity index (χ1) is 15.2. The van der Waals surface area contributed by atoms with E-state index < -0.39 is 24.1 Å². The predicted molar refractivity (Wildman–Crippen MR) is 119 cm³/mol. The van der Waals surface area contributed by atoms with Crippen LogP contribution in [0, 0.1) is 0 Å². The van der Waals surface area contributed by atoms with Gasteiger partial charge < -0.3 is 9.47 Å². The Hall–Kier alpha value is -3.70. The van der Waals surface area contributed by atoms with Crippen LogP contribution in [0.25, 0.3) is 0 Å². The van der Waals surface area contributed by atoms with Crippen molar-refractivity contribution < 1.29 is 19.1 Å². The molecule has 3 aromatic carbocycles. The van der Waals surface area contributed by atoms with Crippen LogP contribution in [-0.4, -0.2) is 24.5 Å². The fraction of sp³-hybridized carbons (Fsp3) is 0.154. The average Bonchev–Trinajstić information content (AvgIpc) is 2.83. The first-order valence-electron chi connectivity index (χ1n) is 10.0. The smallest absolute Gasteiger partial charge is 0.327 e. The van der Waals surface area contributed by atoms with Gasteiger partial charge in [-0.25, -0.2) is 4.79 Å². The zero-order valence-corrected chi connectivity index (χ0v) is 17.1. The lowest BCUT2D eigenvalue weighted by Gasteiger charge is -2.20. The van der Waals surface area contributed by atoms with Gasteiger partial charge in [0.1, 0.15) is 12.6 Å². The van der Waals surface area contributed by atoms with E-state index in [1.54, 1.807) is 0 Å². The van der Waals surface area contributed by atoms with Gasteiger partial charge in [-0.05, 0) is 16.7 Å². The Morgan fingerprint density at radius 2 is 1.35 bits per heavy atom. The molecule has 31 heavy (non-hydrogen) atoms. The van der Waals surface area contributed by atoms with E-state index in [4.69, 9.17) is 9.47 Å². The number of rotatable bonds is 10. The molecule has 0 fully saturated rings. The van der Waals surface area contributed by atoms with Crippen molar-refractivity contribution in [3.05, 3.63) is 120 Å². The third-order valence-electron chi connectivity index (χ3n) is 4.63. The molecule has 1 unspecified atom stereocenters. The van der Waals surface area contributed by atoms with Gasteiger partial charge in [-0.1, -0.05) is 97.1 Å². The standard InChI is InChI=1S/C26H25NO4/c1-2-23(26(29)30-19-20-12-6-3-7-13-20)27-18-24(28)31-25(21-14-8-4-9-15-21)22-16-10-5-11-17-22/h2-17,23,25,27H,1,18-19H2. The molecule has 0 aromatic heterocycles. The highest BCUT2D eigenvalue weighted by atomic mass is 16.5. The SMILES string of the molecule is C=CC(NCC(=O)OC(c1ccccc1)c1ccccc1)C(=O)OCc1ccccc1. The highest BCUT2D eigenvalue weighted by Crippen LogP contribution is 2.25. The highest BCUT2D eigenvalue weighted by Gasteiger charge is 2.21. The van der Waals surface area contributed by atoms with Crippen LogP contribution in [0.1, 0.15) is 22.8 Å². The van der Waals surface area contributed by atoms with Crippen LogP contribution in [0.15, 0.2) is 104 Å². The van der Waals surface area contributed by atoms with Gasteiger partial charge in [0.2, 0.25) is 0 Å². The van der Waals surface area contributed by atoms with Crippen molar-refractivity contribution in [2.24, 2.45) is 0 Å². The molecule has 0 spiro atoms. The third kappa shape index (κ3) is 6.66. The van der Waals surface area contributed by atoms with Crippen molar-refractivity contribution in [2.45, 2.75) is 18.8 Å². The molecule has 158 valence electrons. The van der Waals surface area contributed by atoms with E-state index in [0.717, 1.165) is 16.7 Å². The maximum absolute atomic E-state index is 12.6. The lowest BCUT2D eigenvalue weighted by Crippen LogP contribution is -2.40. The Morgan fingerprint density at radius 3 is 1.87 bits per heavy atom. The van der Waals surface area contributed by atoms with Gasteiger partial charge in [0, 0.05) is 0 Å². The lowest BCUT2D eigenvalue weighted by atomic mass is 10.0. The van der Waals surface area contributed by atoms with Gasteiger partial charge in [-0.3, -0.25) is 10.1 Å². The zero-order valence-electron chi connectivity index (χ0n) is 17.1. The first-order valence-corrected chi connectivity index (χ1v) is 10.0. The van der Waals surface area contributed by atoms with E-state index in [1.807, 2.05) is 91.0 Å². The Labute approximate surface area is 182 Å². The summed E-state index contributed by atoms with van der Waals surface area (Å²) in [6, 6.07) is 27.6. The zero-order chi connectivity index (χ0) is 21.9. The van der Waals surface area contributed by atoms with Crippen LogP contribution in [0.4, 0.5) is 0 Å². The maximum atomic E-state index is 12.6. The molecule has 0 bridgehead atoms. The molecule has 0 radical (unpaired) electrons. The molecule has 0 amide bonds. The first kappa shape index (κ1) is 22.0. The van der Waals surface area contributed by atoms with Crippen molar-refractivity contribution in [1.82, 2.24) is 5.32 Å². The minimum Gasteiger partial charge on any atom is -0.459 e. The molecule has 5 heteroatoms. The second-order valence-corrected chi connectivity index (χ2v) is 6.88. The number of ether oxygens (including phenoxy) is 2. The Kier molecular flexibility index (Phi) is 8.14. The normalized spacial score (nSPS) is 11.5. The monoisotopic (exact) mass is 415 g/mol. The van der Waals surface area contributed by atoms with E-state index in [9.17, 15) is 9.59 Å². The predicted octanol–water partition coefficient (Wildman–Crippen LogP) is 4.21. The Morgan fingerprint density at radius 1 is 0.839 bits per heavy atom. The van der Waals surface area contributed by atoms with Crippen LogP contribution in [0.2, 0.25) is 0 Å². The molecule has 0 heterocycles. The van der Waals surface area contributed by atoms with E-state index in [2.05, 4.69) is 11.9 Å². The molecule has 1 N–H and O–H groups in total. The van der Waals surface area contributed by atoms with Gasteiger partial charge in [0.05, 0.1) is 6.54 Å². The van der Waals surface area contributed by atoms with Gasteiger partial charge in [-0.15, -0.1) is 6.58 Å². The highest BCUT2D eigenvalue weighted by molar-refractivity contribution is 5.79. The fourth-order valence-electron chi connectivity index (χ4n) is 3.03. The maximum Gasteiger partial charge on any atom is 0.327 e. The molecule has 0 saturated heterocycles. The summed E-state index contributed by atoms with van der Waals surface area (Å²) in [4.78, 5) is 24.9. The van der Waals surface area contributed by atoms with E-state index >= 15 is 0 Å². The van der Waals surface area contributed by atoms with E-state index in [0.29, 0.717) is 0 Å². The number of hydrogen-bond donors (Lipinski definition) is 1. The quantitative estimate of drug-likeness (QED) is 0.397. The summed E-state index contributed by atoms with van der Waals surface area (Å²) in [7, 11) is 0. The van der Waals surface area contributed by atoms with Crippen LogP contribution in [-0.2, 0) is 25.7 Å². The van der Waals surface area contributed by atoms with Crippen LogP contribution in [0.3, 0.4) is 0 Å². The summed E-state index contributed by atoms with van der Waals surface area (Å²) in [5.74, 6) is -0.991. The van der Waals surface area contributed by atoms with Crippen LogP contribution >= 0.6 is 0 Å². The largest absolute Gasteiger partial charge is 0.459 e. The molecular weight excluding hydrogens is 390 g/mol. The summed E-state index contributed by atoms with van der Waals surface area (Å²) in [5.41, 5.74) is 2.61. The second-order valence-electron chi connectivity index (χ2n) is 6.88. The van der Waals surface area contributed by atoms with Gasteiger partial charge in [0.15, 0.2) is 6.10 Å². The summed E-state index contributed by atoms with van der Waals surface area (Å²) in [6.07, 6.45) is 0.871. The van der Waals surface area contributed by atoms with Crippen LogP contribution < -0.4 is 5.32 Å². The molecular formula is C26H25NO4. The summed E-state index contributed by atoms with van der Waals surface area (Å²) in [6.45, 7) is 3.65. The number of nitrogens with one attached hydrogen (secondary N) is 1. The summed E-state index contributed by atoms with van der Waals surface area (Å²) >= 11 is 0. The number of esters is 2. The molecule has 0 aliphatic carbocycles. The van der Waals surface area contributed by atoms with Crippen molar-refractivity contribution in [3.63, 3.8) is 0 Å². The van der Waals surface area contributed by atoms with Gasteiger partial charge in [-0.2, -0.15) is 0 Å². The number of carbonyl (C=O) groups excluding carboxylic acids is 2. The molecule has 0 aliphatic rings. The summed E-state index contributed by atoms with van der Waals surface area (Å²) < 4.78 is 11.0. The van der Waals surface area contributed by atoms with E-state index in [-0.39, 0.29) is 13.2 Å². The average molecular weight is 415 g/mol. The Bertz CT molecular complexity index is 935. The third-order valence-corrected chi connectivity index (χ3v) is 4.63. The minimum absolute atomic E-state index is 0.153. The van der Waals surface area contributed by atoms with E-state index in [1.165, 1.54) is 6.08 Å². The molecule has 1 atom stereocenters. The van der Waals surface area contributed by atoms with Crippen LogP contribution in [0.5, 0.6) is 0 Å². The van der Waals surface area contributed by atoms with Gasteiger partial charge >= 0.3 is 11.9 Å². The Balaban J connectivity index is 1.57. The number of carbonyl (C=O) groups is 2. The molecule has 3 rings (SSSR count). The molecule has 0 aliphatic heterocycles. The topological polar surface area (TPSA) is 64.6 Å². The molecule has 5 nitrogen and oxygen atoms in total. The molecule has 3 aromatic rings. The van der Waals surface area contributed by atoms with Gasteiger partial charge in [0.25, 0.3) is 0 Å². The van der Waals surface area contributed by atoms with Crippen molar-refractivity contribution >= 4 is 11.9 Å². The van der Waals surface area contributed by atoms with Crippen molar-refractivity contribution in [1.29, 1.82) is 0 Å². The number of benzene rings is 3. The second kappa shape index (κ2) is 11.5. The summed E-state index contributed by atoms with van der Waals surface area (Å²) in [5, 5.41) is 2.85. The van der Waals surface area contributed by atoms with Crippen molar-refractivity contribution in [2.75, 3.05) is 6.54 Å². The molecule has 0 saturated carbocycles. The number of hydrogen-bond acceptors (Lipinski definition) is 5. The fourth-order valence-corrected chi connectivity index (χ4v) is 3.03.